The van der Waals surface area contributed by atoms with Gasteiger partial charge in [-0.25, -0.2) is 4.98 Å². The molecule has 0 bridgehead atoms. The molecule has 2 N–H and O–H groups in total. The van der Waals surface area contributed by atoms with Gasteiger partial charge in [0, 0.05) is 31.4 Å². The zero-order valence-electron chi connectivity index (χ0n) is 10.8. The van der Waals surface area contributed by atoms with Crippen molar-refractivity contribution in [2.24, 2.45) is 0 Å². The quantitative estimate of drug-likeness (QED) is 0.641. The average molecular weight is 250 g/mol. The van der Waals surface area contributed by atoms with Crippen LogP contribution in [-0.2, 0) is 11.3 Å². The van der Waals surface area contributed by atoms with Gasteiger partial charge in [0.25, 0.3) is 0 Å². The molecule has 100 valence electrons. The number of rotatable bonds is 9. The fourth-order valence-corrected chi connectivity index (χ4v) is 1.83. The SMILES string of the molecule is O=C(CCCNCCCn1ccnc1)NC1CC1. The third kappa shape index (κ3) is 5.31. The van der Waals surface area contributed by atoms with E-state index in [1.54, 1.807) is 6.20 Å². The molecule has 1 aromatic heterocycles. The standard InChI is InChI=1S/C13H22N4O/c18-13(16-12-4-5-12)3-1-6-14-7-2-9-17-10-8-15-11-17/h8,10-12,14H,1-7,9H2,(H,16,18). The molecule has 0 aliphatic heterocycles. The molecule has 0 aromatic carbocycles. The monoisotopic (exact) mass is 250 g/mol. The summed E-state index contributed by atoms with van der Waals surface area (Å²) in [6.45, 7) is 2.90. The van der Waals surface area contributed by atoms with Gasteiger partial charge in [-0.2, -0.15) is 0 Å². The van der Waals surface area contributed by atoms with Gasteiger partial charge in [-0.15, -0.1) is 0 Å². The summed E-state index contributed by atoms with van der Waals surface area (Å²) in [6, 6.07) is 0.487. The van der Waals surface area contributed by atoms with Crippen molar-refractivity contribution in [2.75, 3.05) is 13.1 Å². The highest BCUT2D eigenvalue weighted by atomic mass is 16.1. The normalized spacial score (nSPS) is 14.7. The number of hydrogen-bond acceptors (Lipinski definition) is 3. The summed E-state index contributed by atoms with van der Waals surface area (Å²) < 4.78 is 2.07. The molecule has 1 saturated carbocycles. The number of amides is 1. The van der Waals surface area contributed by atoms with Crippen molar-refractivity contribution in [1.82, 2.24) is 20.2 Å². The van der Waals surface area contributed by atoms with Gasteiger partial charge in [-0.3, -0.25) is 4.79 Å². The van der Waals surface area contributed by atoms with Crippen LogP contribution in [0.25, 0.3) is 0 Å². The zero-order chi connectivity index (χ0) is 12.6. The van der Waals surface area contributed by atoms with Gasteiger partial charge < -0.3 is 15.2 Å². The van der Waals surface area contributed by atoms with E-state index in [1.807, 2.05) is 12.5 Å². The van der Waals surface area contributed by atoms with Crippen molar-refractivity contribution in [3.8, 4) is 0 Å². The van der Waals surface area contributed by atoms with Crippen LogP contribution in [0.3, 0.4) is 0 Å². The molecular weight excluding hydrogens is 228 g/mol. The Bertz CT molecular complexity index is 346. The number of nitrogens with zero attached hydrogens (tertiary/aromatic N) is 2. The summed E-state index contributed by atoms with van der Waals surface area (Å²) in [5.41, 5.74) is 0. The predicted molar refractivity (Wildman–Crippen MR) is 70.1 cm³/mol. The Kier molecular flexibility index (Phi) is 5.20. The number of aryl methyl sites for hydroxylation is 1. The Morgan fingerprint density at radius 1 is 1.33 bits per heavy atom. The van der Waals surface area contributed by atoms with E-state index >= 15 is 0 Å². The van der Waals surface area contributed by atoms with Crippen LogP contribution in [0.2, 0.25) is 0 Å². The molecule has 0 saturated heterocycles. The smallest absolute Gasteiger partial charge is 0.220 e. The maximum absolute atomic E-state index is 11.4. The Balaban J connectivity index is 1.38. The summed E-state index contributed by atoms with van der Waals surface area (Å²) in [4.78, 5) is 15.4. The molecule has 5 nitrogen and oxygen atoms in total. The van der Waals surface area contributed by atoms with Crippen LogP contribution in [0.1, 0.15) is 32.1 Å². The summed E-state index contributed by atoms with van der Waals surface area (Å²) >= 11 is 0. The highest BCUT2D eigenvalue weighted by Crippen LogP contribution is 2.18. The molecule has 1 aliphatic rings. The largest absolute Gasteiger partial charge is 0.353 e. The summed E-state index contributed by atoms with van der Waals surface area (Å²) in [5, 5.41) is 6.36. The van der Waals surface area contributed by atoms with E-state index in [4.69, 9.17) is 0 Å². The van der Waals surface area contributed by atoms with Crippen LogP contribution in [0.5, 0.6) is 0 Å². The lowest BCUT2D eigenvalue weighted by atomic mass is 10.3. The van der Waals surface area contributed by atoms with Gasteiger partial charge in [0.05, 0.1) is 6.33 Å². The highest BCUT2D eigenvalue weighted by Gasteiger charge is 2.22. The van der Waals surface area contributed by atoms with Gasteiger partial charge in [0.1, 0.15) is 0 Å². The van der Waals surface area contributed by atoms with Crippen LogP contribution in [-0.4, -0.2) is 34.6 Å². The molecule has 0 unspecified atom stereocenters. The van der Waals surface area contributed by atoms with Gasteiger partial charge in [0.15, 0.2) is 0 Å². The second kappa shape index (κ2) is 7.16. The van der Waals surface area contributed by atoms with Crippen molar-refractivity contribution in [3.05, 3.63) is 18.7 Å². The first kappa shape index (κ1) is 13.1. The first-order valence-electron chi connectivity index (χ1n) is 6.80. The molecule has 1 aromatic rings. The minimum atomic E-state index is 0.206. The van der Waals surface area contributed by atoms with Gasteiger partial charge >= 0.3 is 0 Å². The Labute approximate surface area is 108 Å². The lowest BCUT2D eigenvalue weighted by Gasteiger charge is -2.06. The van der Waals surface area contributed by atoms with Crippen LogP contribution in [0.15, 0.2) is 18.7 Å². The Morgan fingerprint density at radius 3 is 2.89 bits per heavy atom. The average Bonchev–Trinajstić information content (AvgIpc) is 3.01. The summed E-state index contributed by atoms with van der Waals surface area (Å²) in [7, 11) is 0. The fraction of sp³-hybridized carbons (Fsp3) is 0.692. The minimum absolute atomic E-state index is 0.206. The molecule has 5 heteroatoms. The molecule has 0 atom stereocenters. The zero-order valence-corrected chi connectivity index (χ0v) is 10.8. The molecule has 1 heterocycles. The number of hydrogen-bond donors (Lipinski definition) is 2. The van der Waals surface area contributed by atoms with Crippen molar-refractivity contribution in [3.63, 3.8) is 0 Å². The van der Waals surface area contributed by atoms with Gasteiger partial charge in [0.2, 0.25) is 5.91 Å². The Morgan fingerprint density at radius 2 is 2.17 bits per heavy atom. The number of nitrogens with one attached hydrogen (secondary N) is 2. The third-order valence-electron chi connectivity index (χ3n) is 3.03. The maximum Gasteiger partial charge on any atom is 0.220 e. The van der Waals surface area contributed by atoms with E-state index in [-0.39, 0.29) is 5.91 Å². The molecule has 1 fully saturated rings. The fourth-order valence-electron chi connectivity index (χ4n) is 1.83. The predicted octanol–water partition coefficient (Wildman–Crippen LogP) is 0.922. The van der Waals surface area contributed by atoms with Crippen molar-refractivity contribution in [2.45, 2.75) is 44.7 Å². The van der Waals surface area contributed by atoms with Crippen LogP contribution < -0.4 is 10.6 Å². The Hall–Kier alpha value is -1.36. The number of carbonyl (C=O) groups is 1. The first-order valence-corrected chi connectivity index (χ1v) is 6.80. The first-order chi connectivity index (χ1) is 8.84. The lowest BCUT2D eigenvalue weighted by molar-refractivity contribution is -0.121. The van der Waals surface area contributed by atoms with Crippen LogP contribution >= 0.6 is 0 Å². The van der Waals surface area contributed by atoms with E-state index in [9.17, 15) is 4.79 Å². The van der Waals surface area contributed by atoms with E-state index in [0.29, 0.717) is 12.5 Å². The van der Waals surface area contributed by atoms with E-state index < -0.39 is 0 Å². The molecule has 0 spiro atoms. The second-order valence-corrected chi connectivity index (χ2v) is 4.85. The molecule has 0 radical (unpaired) electrons. The summed E-state index contributed by atoms with van der Waals surface area (Å²) in [6.07, 6.45) is 10.6. The van der Waals surface area contributed by atoms with E-state index in [2.05, 4.69) is 20.2 Å². The summed E-state index contributed by atoms with van der Waals surface area (Å²) in [5.74, 6) is 0.206. The molecule has 1 aliphatic carbocycles. The van der Waals surface area contributed by atoms with Gasteiger partial charge in [-0.1, -0.05) is 0 Å². The third-order valence-corrected chi connectivity index (χ3v) is 3.03. The lowest BCUT2D eigenvalue weighted by Crippen LogP contribution is -2.26. The second-order valence-electron chi connectivity index (χ2n) is 4.85. The molecule has 2 rings (SSSR count). The van der Waals surface area contributed by atoms with Crippen molar-refractivity contribution in [1.29, 1.82) is 0 Å². The van der Waals surface area contributed by atoms with Crippen molar-refractivity contribution >= 4 is 5.91 Å². The number of imidazole rings is 1. The van der Waals surface area contributed by atoms with Gasteiger partial charge in [-0.05, 0) is 38.8 Å². The van der Waals surface area contributed by atoms with E-state index in [0.717, 1.165) is 45.3 Å². The minimum Gasteiger partial charge on any atom is -0.353 e. The van der Waals surface area contributed by atoms with Crippen molar-refractivity contribution < 1.29 is 4.79 Å². The number of aromatic nitrogens is 2. The van der Waals surface area contributed by atoms with Crippen LogP contribution in [0, 0.1) is 0 Å². The number of carbonyl (C=O) groups excluding carboxylic acids is 1. The maximum atomic E-state index is 11.4. The van der Waals surface area contributed by atoms with Crippen LogP contribution in [0.4, 0.5) is 0 Å². The molecular formula is C13H22N4O. The topological polar surface area (TPSA) is 59.0 Å². The van der Waals surface area contributed by atoms with E-state index in [1.165, 1.54) is 0 Å². The highest BCUT2D eigenvalue weighted by molar-refractivity contribution is 5.76. The molecule has 18 heavy (non-hydrogen) atoms. The molecule has 1 amide bonds.